The number of carbonyl (C=O) groups is 1. The van der Waals surface area contributed by atoms with E-state index in [0.717, 1.165) is 29.5 Å². The van der Waals surface area contributed by atoms with Crippen LogP contribution in [-0.2, 0) is 10.2 Å². The minimum Gasteiger partial charge on any atom is -0.354 e. The van der Waals surface area contributed by atoms with E-state index < -0.39 is 5.41 Å². The molecule has 1 fully saturated rings. The second kappa shape index (κ2) is 6.06. The van der Waals surface area contributed by atoms with Gasteiger partial charge in [-0.05, 0) is 50.9 Å². The molecule has 2 rings (SSSR count). The molecule has 1 atom stereocenters. The predicted octanol–water partition coefficient (Wildman–Crippen LogP) is 2.59. The van der Waals surface area contributed by atoms with Crippen LogP contribution in [0.2, 0.25) is 0 Å². The van der Waals surface area contributed by atoms with Crippen molar-refractivity contribution in [1.82, 2.24) is 10.6 Å². The quantitative estimate of drug-likeness (QED) is 0.893. The Labute approximate surface area is 123 Å². The van der Waals surface area contributed by atoms with E-state index in [4.69, 9.17) is 0 Å². The second-order valence-corrected chi connectivity index (χ2v) is 6.55. The van der Waals surface area contributed by atoms with Crippen LogP contribution in [0.4, 0.5) is 0 Å². The van der Waals surface area contributed by atoms with Crippen molar-refractivity contribution in [3.05, 3.63) is 34.3 Å². The molecule has 0 bridgehead atoms. The maximum absolute atomic E-state index is 12.4. The van der Waals surface area contributed by atoms with Crippen molar-refractivity contribution in [3.63, 3.8) is 0 Å². The minimum absolute atomic E-state index is 0.0827. The molecule has 1 aromatic carbocycles. The highest BCUT2D eigenvalue weighted by molar-refractivity contribution is 9.10. The van der Waals surface area contributed by atoms with Crippen molar-refractivity contribution in [1.29, 1.82) is 0 Å². The third-order valence-electron chi connectivity index (χ3n) is 3.79. The van der Waals surface area contributed by atoms with Gasteiger partial charge in [-0.2, -0.15) is 0 Å². The van der Waals surface area contributed by atoms with Crippen LogP contribution in [-0.4, -0.2) is 25.0 Å². The highest BCUT2D eigenvalue weighted by Gasteiger charge is 2.30. The molecule has 1 saturated heterocycles. The lowest BCUT2D eigenvalue weighted by Crippen LogP contribution is -2.45. The third kappa shape index (κ3) is 3.57. The van der Waals surface area contributed by atoms with Crippen molar-refractivity contribution < 1.29 is 4.79 Å². The van der Waals surface area contributed by atoms with E-state index >= 15 is 0 Å². The first kappa shape index (κ1) is 14.5. The van der Waals surface area contributed by atoms with Gasteiger partial charge >= 0.3 is 0 Å². The van der Waals surface area contributed by atoms with Gasteiger partial charge in [-0.15, -0.1) is 0 Å². The van der Waals surface area contributed by atoms with E-state index in [2.05, 4.69) is 26.6 Å². The SMILES string of the molecule is CC(C)(C(=O)NCC1CCCN1)c1cccc(Br)c1. The van der Waals surface area contributed by atoms with E-state index in [1.807, 2.05) is 38.1 Å². The maximum atomic E-state index is 12.4. The van der Waals surface area contributed by atoms with Crippen molar-refractivity contribution in [2.75, 3.05) is 13.1 Å². The Morgan fingerprint density at radius 2 is 2.32 bits per heavy atom. The molecule has 0 radical (unpaired) electrons. The van der Waals surface area contributed by atoms with Crippen LogP contribution in [0.25, 0.3) is 0 Å². The molecule has 2 N–H and O–H groups in total. The average molecular weight is 325 g/mol. The molecule has 0 saturated carbocycles. The number of hydrogen-bond donors (Lipinski definition) is 2. The maximum Gasteiger partial charge on any atom is 0.230 e. The minimum atomic E-state index is -0.512. The van der Waals surface area contributed by atoms with E-state index in [0.29, 0.717) is 6.04 Å². The van der Waals surface area contributed by atoms with Crippen molar-refractivity contribution in [3.8, 4) is 0 Å². The lowest BCUT2D eigenvalue weighted by Gasteiger charge is -2.25. The monoisotopic (exact) mass is 324 g/mol. The standard InChI is InChI=1S/C15H21BrN2O/c1-15(2,11-5-3-6-12(16)9-11)14(19)18-10-13-7-4-8-17-13/h3,5-6,9,13,17H,4,7-8,10H2,1-2H3,(H,18,19). The van der Waals surface area contributed by atoms with E-state index in [1.165, 1.54) is 6.42 Å². The number of benzene rings is 1. The number of rotatable bonds is 4. The number of amides is 1. The smallest absolute Gasteiger partial charge is 0.230 e. The molecular weight excluding hydrogens is 304 g/mol. The van der Waals surface area contributed by atoms with Gasteiger partial charge in [0.05, 0.1) is 5.41 Å². The largest absolute Gasteiger partial charge is 0.354 e. The molecule has 1 amide bonds. The zero-order valence-electron chi connectivity index (χ0n) is 11.5. The number of carbonyl (C=O) groups excluding carboxylic acids is 1. The van der Waals surface area contributed by atoms with Crippen LogP contribution in [0.3, 0.4) is 0 Å². The molecule has 1 aliphatic heterocycles. The van der Waals surface area contributed by atoms with Crippen LogP contribution in [0.15, 0.2) is 28.7 Å². The first-order valence-electron chi connectivity index (χ1n) is 6.78. The van der Waals surface area contributed by atoms with E-state index in [9.17, 15) is 4.79 Å². The molecule has 1 aliphatic rings. The van der Waals surface area contributed by atoms with Crippen LogP contribution in [0, 0.1) is 0 Å². The molecule has 0 spiro atoms. The molecule has 1 heterocycles. The van der Waals surface area contributed by atoms with Gasteiger partial charge in [0.15, 0.2) is 0 Å². The molecule has 19 heavy (non-hydrogen) atoms. The molecule has 1 unspecified atom stereocenters. The summed E-state index contributed by atoms with van der Waals surface area (Å²) in [5.41, 5.74) is 0.515. The molecule has 0 aliphatic carbocycles. The summed E-state index contributed by atoms with van der Waals surface area (Å²) in [6.45, 7) is 5.71. The molecule has 104 valence electrons. The van der Waals surface area contributed by atoms with Gasteiger partial charge in [-0.3, -0.25) is 4.79 Å². The first-order valence-corrected chi connectivity index (χ1v) is 7.57. The van der Waals surface area contributed by atoms with Gasteiger partial charge in [0.25, 0.3) is 0 Å². The fourth-order valence-electron chi connectivity index (χ4n) is 2.38. The van der Waals surface area contributed by atoms with Crippen molar-refractivity contribution in [2.45, 2.75) is 38.1 Å². The molecular formula is C15H21BrN2O. The lowest BCUT2D eigenvalue weighted by atomic mass is 9.83. The van der Waals surface area contributed by atoms with Gasteiger partial charge in [-0.1, -0.05) is 28.1 Å². The van der Waals surface area contributed by atoms with Crippen LogP contribution < -0.4 is 10.6 Å². The summed E-state index contributed by atoms with van der Waals surface area (Å²) < 4.78 is 1.00. The Bertz CT molecular complexity index is 453. The molecule has 1 aromatic rings. The predicted molar refractivity (Wildman–Crippen MR) is 81.2 cm³/mol. The fraction of sp³-hybridized carbons (Fsp3) is 0.533. The van der Waals surface area contributed by atoms with Gasteiger partial charge in [0.2, 0.25) is 5.91 Å². The third-order valence-corrected chi connectivity index (χ3v) is 4.28. The Morgan fingerprint density at radius 3 is 2.95 bits per heavy atom. The Morgan fingerprint density at radius 1 is 1.53 bits per heavy atom. The summed E-state index contributed by atoms with van der Waals surface area (Å²) in [6, 6.07) is 8.38. The zero-order chi connectivity index (χ0) is 13.9. The van der Waals surface area contributed by atoms with Gasteiger partial charge in [0, 0.05) is 17.1 Å². The Balaban J connectivity index is 1.99. The van der Waals surface area contributed by atoms with Crippen molar-refractivity contribution >= 4 is 21.8 Å². The number of nitrogens with one attached hydrogen (secondary N) is 2. The van der Waals surface area contributed by atoms with Gasteiger partial charge < -0.3 is 10.6 Å². The summed E-state index contributed by atoms with van der Waals surface area (Å²) in [6.07, 6.45) is 2.35. The Hall–Kier alpha value is -0.870. The van der Waals surface area contributed by atoms with Gasteiger partial charge in [0.1, 0.15) is 0 Å². The van der Waals surface area contributed by atoms with E-state index in [1.54, 1.807) is 0 Å². The van der Waals surface area contributed by atoms with Gasteiger partial charge in [-0.25, -0.2) is 0 Å². The topological polar surface area (TPSA) is 41.1 Å². The summed E-state index contributed by atoms with van der Waals surface area (Å²) in [5, 5.41) is 6.46. The summed E-state index contributed by atoms with van der Waals surface area (Å²) in [7, 11) is 0. The summed E-state index contributed by atoms with van der Waals surface area (Å²) in [5.74, 6) is 0.0827. The zero-order valence-corrected chi connectivity index (χ0v) is 13.1. The normalized spacial score (nSPS) is 19.4. The highest BCUT2D eigenvalue weighted by Crippen LogP contribution is 2.26. The molecule has 4 heteroatoms. The molecule has 3 nitrogen and oxygen atoms in total. The second-order valence-electron chi connectivity index (χ2n) is 5.64. The highest BCUT2D eigenvalue weighted by atomic mass is 79.9. The first-order chi connectivity index (χ1) is 9.00. The van der Waals surface area contributed by atoms with Crippen LogP contribution >= 0.6 is 15.9 Å². The van der Waals surface area contributed by atoms with Crippen molar-refractivity contribution in [2.24, 2.45) is 0 Å². The molecule has 0 aromatic heterocycles. The van der Waals surface area contributed by atoms with E-state index in [-0.39, 0.29) is 5.91 Å². The Kier molecular flexibility index (Phi) is 4.63. The lowest BCUT2D eigenvalue weighted by molar-refractivity contribution is -0.125. The van der Waals surface area contributed by atoms with Crippen LogP contribution in [0.1, 0.15) is 32.3 Å². The summed E-state index contributed by atoms with van der Waals surface area (Å²) in [4.78, 5) is 12.4. The number of halogens is 1. The fourth-order valence-corrected chi connectivity index (χ4v) is 2.78. The number of hydrogen-bond acceptors (Lipinski definition) is 2. The van der Waals surface area contributed by atoms with Crippen LogP contribution in [0.5, 0.6) is 0 Å². The summed E-state index contributed by atoms with van der Waals surface area (Å²) >= 11 is 3.45. The average Bonchev–Trinajstić information content (AvgIpc) is 2.89.